The first-order chi connectivity index (χ1) is 12.8. The van der Waals surface area contributed by atoms with Gasteiger partial charge < -0.3 is 10.2 Å². The standard InChI is InChI=1S/C19H26N6O/c26-18(24-11-4-2-1-3-5-12-24)14-20-16-8-6-7-15(13-16)19-21-22-23-25(19)17-9-10-17/h6-8,13,17,20H,1-5,9-12,14H2. The van der Waals surface area contributed by atoms with E-state index in [1.807, 2.05) is 33.8 Å². The van der Waals surface area contributed by atoms with Gasteiger partial charge in [-0.15, -0.1) is 5.10 Å². The number of nitrogens with one attached hydrogen (secondary N) is 1. The molecule has 0 spiro atoms. The number of hydrogen-bond donors (Lipinski definition) is 1. The molecule has 2 fully saturated rings. The second kappa shape index (κ2) is 7.85. The van der Waals surface area contributed by atoms with Crippen molar-refractivity contribution in [3.05, 3.63) is 24.3 Å². The third-order valence-electron chi connectivity index (χ3n) is 5.16. The molecule has 1 aliphatic carbocycles. The molecule has 2 aromatic rings. The number of anilines is 1. The van der Waals surface area contributed by atoms with Gasteiger partial charge >= 0.3 is 0 Å². The van der Waals surface area contributed by atoms with Crippen LogP contribution in [0.1, 0.15) is 51.0 Å². The van der Waals surface area contributed by atoms with Crippen molar-refractivity contribution in [2.75, 3.05) is 25.0 Å². The Kier molecular flexibility index (Phi) is 5.13. The number of hydrogen-bond acceptors (Lipinski definition) is 5. The maximum absolute atomic E-state index is 12.5. The molecule has 0 bridgehead atoms. The summed E-state index contributed by atoms with van der Waals surface area (Å²) < 4.78 is 1.91. The van der Waals surface area contributed by atoms with Crippen LogP contribution in [0.3, 0.4) is 0 Å². The fourth-order valence-corrected chi connectivity index (χ4v) is 3.50. The number of carbonyl (C=O) groups excluding carboxylic acids is 1. The molecule has 0 radical (unpaired) electrons. The summed E-state index contributed by atoms with van der Waals surface area (Å²) in [7, 11) is 0. The molecule has 1 N–H and O–H groups in total. The van der Waals surface area contributed by atoms with E-state index in [2.05, 4.69) is 20.8 Å². The summed E-state index contributed by atoms with van der Waals surface area (Å²) in [4.78, 5) is 14.5. The number of benzene rings is 1. The number of likely N-dealkylation sites (tertiary alicyclic amines) is 1. The number of carbonyl (C=O) groups is 1. The van der Waals surface area contributed by atoms with Gasteiger partial charge in [0, 0.05) is 24.3 Å². The number of nitrogens with zero attached hydrogens (tertiary/aromatic N) is 5. The lowest BCUT2D eigenvalue weighted by atomic mass is 10.1. The van der Waals surface area contributed by atoms with Gasteiger partial charge in [-0.1, -0.05) is 31.4 Å². The molecule has 1 saturated heterocycles. The van der Waals surface area contributed by atoms with Crippen LogP contribution in [-0.4, -0.2) is 50.6 Å². The zero-order valence-corrected chi connectivity index (χ0v) is 15.1. The van der Waals surface area contributed by atoms with Gasteiger partial charge in [0.25, 0.3) is 0 Å². The van der Waals surface area contributed by atoms with Crippen molar-refractivity contribution in [2.45, 2.75) is 51.0 Å². The molecule has 2 heterocycles. The van der Waals surface area contributed by atoms with Crippen molar-refractivity contribution < 1.29 is 4.79 Å². The van der Waals surface area contributed by atoms with Crippen LogP contribution in [0.2, 0.25) is 0 Å². The first-order valence-electron chi connectivity index (χ1n) is 9.71. The summed E-state index contributed by atoms with van der Waals surface area (Å²) >= 11 is 0. The fourth-order valence-electron chi connectivity index (χ4n) is 3.50. The minimum absolute atomic E-state index is 0.181. The molecule has 7 heteroatoms. The van der Waals surface area contributed by atoms with Crippen LogP contribution in [0, 0.1) is 0 Å². The largest absolute Gasteiger partial charge is 0.376 e. The fraction of sp³-hybridized carbons (Fsp3) is 0.579. The highest BCUT2D eigenvalue weighted by molar-refractivity contribution is 5.81. The maximum Gasteiger partial charge on any atom is 0.241 e. The van der Waals surface area contributed by atoms with E-state index in [4.69, 9.17) is 0 Å². The predicted molar refractivity (Wildman–Crippen MR) is 99.7 cm³/mol. The van der Waals surface area contributed by atoms with Crippen LogP contribution >= 0.6 is 0 Å². The molecule has 0 atom stereocenters. The highest BCUT2D eigenvalue weighted by Crippen LogP contribution is 2.36. The Bertz CT molecular complexity index is 746. The molecule has 1 aromatic heterocycles. The van der Waals surface area contributed by atoms with E-state index in [1.165, 1.54) is 19.3 Å². The molecule has 0 unspecified atom stereocenters. The molecule has 26 heavy (non-hydrogen) atoms. The third kappa shape index (κ3) is 4.03. The highest BCUT2D eigenvalue weighted by Gasteiger charge is 2.28. The normalized spacial score (nSPS) is 18.2. The topological polar surface area (TPSA) is 75.9 Å². The summed E-state index contributed by atoms with van der Waals surface area (Å²) in [5.41, 5.74) is 1.90. The second-order valence-electron chi connectivity index (χ2n) is 7.26. The minimum atomic E-state index is 0.181. The number of aromatic nitrogens is 4. The molecule has 1 amide bonds. The van der Waals surface area contributed by atoms with Gasteiger partial charge in [-0.05, 0) is 48.2 Å². The summed E-state index contributed by atoms with van der Waals surface area (Å²) in [6.45, 7) is 2.10. The number of amides is 1. The van der Waals surface area contributed by atoms with E-state index in [0.29, 0.717) is 12.6 Å². The van der Waals surface area contributed by atoms with Crippen molar-refractivity contribution >= 4 is 11.6 Å². The summed E-state index contributed by atoms with van der Waals surface area (Å²) in [6.07, 6.45) is 8.27. The van der Waals surface area contributed by atoms with Gasteiger partial charge in [0.1, 0.15) is 0 Å². The van der Waals surface area contributed by atoms with Crippen molar-refractivity contribution in [3.63, 3.8) is 0 Å². The number of rotatable bonds is 5. The predicted octanol–water partition coefficient (Wildman–Crippen LogP) is 2.88. The van der Waals surface area contributed by atoms with Gasteiger partial charge in [-0.2, -0.15) is 0 Å². The molecule has 4 rings (SSSR count). The SMILES string of the molecule is O=C(CNc1cccc(-c2nnnn2C2CC2)c1)N1CCCCCCC1. The molecular weight excluding hydrogens is 328 g/mol. The van der Waals surface area contributed by atoms with E-state index in [0.717, 1.165) is 55.8 Å². The summed E-state index contributed by atoms with van der Waals surface area (Å²) in [5, 5.41) is 15.4. The van der Waals surface area contributed by atoms with Crippen molar-refractivity contribution in [1.29, 1.82) is 0 Å². The Morgan fingerprint density at radius 3 is 2.65 bits per heavy atom. The minimum Gasteiger partial charge on any atom is -0.376 e. The third-order valence-corrected chi connectivity index (χ3v) is 5.16. The lowest BCUT2D eigenvalue weighted by Gasteiger charge is -2.25. The Balaban J connectivity index is 1.39. The van der Waals surface area contributed by atoms with Gasteiger partial charge in [0.2, 0.25) is 5.91 Å². The first-order valence-corrected chi connectivity index (χ1v) is 9.71. The quantitative estimate of drug-likeness (QED) is 0.893. The van der Waals surface area contributed by atoms with Gasteiger partial charge in [0.15, 0.2) is 5.82 Å². The zero-order valence-electron chi connectivity index (χ0n) is 15.1. The Morgan fingerprint density at radius 2 is 1.88 bits per heavy atom. The van der Waals surface area contributed by atoms with Crippen LogP contribution in [0.15, 0.2) is 24.3 Å². The molecule has 7 nitrogen and oxygen atoms in total. The summed E-state index contributed by atoms with van der Waals surface area (Å²) in [6, 6.07) is 8.42. The number of tetrazole rings is 1. The van der Waals surface area contributed by atoms with Crippen molar-refractivity contribution in [2.24, 2.45) is 0 Å². The van der Waals surface area contributed by atoms with Crippen LogP contribution < -0.4 is 5.32 Å². The molecule has 2 aliphatic rings. The van der Waals surface area contributed by atoms with Crippen LogP contribution in [0.4, 0.5) is 5.69 Å². The molecular formula is C19H26N6O. The molecule has 1 aromatic carbocycles. The van der Waals surface area contributed by atoms with Crippen LogP contribution in [0.25, 0.3) is 11.4 Å². The van der Waals surface area contributed by atoms with E-state index >= 15 is 0 Å². The summed E-state index contributed by atoms with van der Waals surface area (Å²) in [5.74, 6) is 0.978. The van der Waals surface area contributed by atoms with Gasteiger partial charge in [-0.3, -0.25) is 4.79 Å². The Morgan fingerprint density at radius 1 is 1.12 bits per heavy atom. The average Bonchev–Trinajstić information content (AvgIpc) is 3.36. The highest BCUT2D eigenvalue weighted by atomic mass is 16.2. The zero-order chi connectivity index (χ0) is 17.8. The Hall–Kier alpha value is -2.44. The van der Waals surface area contributed by atoms with Crippen molar-refractivity contribution in [3.8, 4) is 11.4 Å². The molecule has 1 saturated carbocycles. The Labute approximate surface area is 153 Å². The van der Waals surface area contributed by atoms with Gasteiger partial charge in [-0.25, -0.2) is 4.68 Å². The second-order valence-corrected chi connectivity index (χ2v) is 7.26. The smallest absolute Gasteiger partial charge is 0.241 e. The molecule has 1 aliphatic heterocycles. The monoisotopic (exact) mass is 354 g/mol. The first kappa shape index (κ1) is 17.0. The molecule has 138 valence electrons. The maximum atomic E-state index is 12.5. The average molecular weight is 354 g/mol. The van der Waals surface area contributed by atoms with Crippen LogP contribution in [-0.2, 0) is 4.79 Å². The lowest BCUT2D eigenvalue weighted by molar-refractivity contribution is -0.129. The lowest BCUT2D eigenvalue weighted by Crippen LogP contribution is -2.37. The van der Waals surface area contributed by atoms with Crippen LogP contribution in [0.5, 0.6) is 0 Å². The van der Waals surface area contributed by atoms with E-state index in [9.17, 15) is 4.79 Å². The van der Waals surface area contributed by atoms with E-state index < -0.39 is 0 Å². The van der Waals surface area contributed by atoms with Gasteiger partial charge in [0.05, 0.1) is 12.6 Å². The van der Waals surface area contributed by atoms with E-state index in [-0.39, 0.29) is 5.91 Å². The van der Waals surface area contributed by atoms with E-state index in [1.54, 1.807) is 0 Å². The van der Waals surface area contributed by atoms with Crippen molar-refractivity contribution in [1.82, 2.24) is 25.1 Å².